The molecule has 2 heterocycles. The molecule has 2 aliphatic heterocycles. The fourth-order valence-electron chi connectivity index (χ4n) is 2.28. The smallest absolute Gasteiger partial charge is 0.227 e. The van der Waals surface area contributed by atoms with Crippen LogP contribution in [0.25, 0.3) is 0 Å². The predicted molar refractivity (Wildman–Crippen MR) is 61.7 cm³/mol. The van der Waals surface area contributed by atoms with Crippen LogP contribution in [0.5, 0.6) is 0 Å². The maximum absolute atomic E-state index is 12.0. The molecule has 2 fully saturated rings. The van der Waals surface area contributed by atoms with Crippen LogP contribution in [0.4, 0.5) is 0 Å². The Morgan fingerprint density at radius 2 is 1.88 bits per heavy atom. The van der Waals surface area contributed by atoms with E-state index in [0.29, 0.717) is 45.8 Å². The summed E-state index contributed by atoms with van der Waals surface area (Å²) in [6.45, 7) is 2.54. The lowest BCUT2D eigenvalue weighted by Crippen LogP contribution is -2.43. The van der Waals surface area contributed by atoms with Crippen molar-refractivity contribution in [1.29, 1.82) is 0 Å². The molecule has 0 atom stereocenters. The standard InChI is InChI=1S/C10H18N2O4S/c1-17(14,15)12-4-2-9(3-5-12)10(13)11-6-7-16-8-11/h9H,2-8H2,1H3. The van der Waals surface area contributed by atoms with Crippen LogP contribution in [-0.4, -0.2) is 62.8 Å². The highest BCUT2D eigenvalue weighted by atomic mass is 32.2. The summed E-state index contributed by atoms with van der Waals surface area (Å²) >= 11 is 0. The Labute approximate surface area is 102 Å². The van der Waals surface area contributed by atoms with E-state index < -0.39 is 10.0 Å². The molecule has 0 saturated carbocycles. The summed E-state index contributed by atoms with van der Waals surface area (Å²) in [6, 6.07) is 0. The van der Waals surface area contributed by atoms with Gasteiger partial charge in [0, 0.05) is 25.6 Å². The molecule has 1 amide bonds. The lowest BCUT2D eigenvalue weighted by Gasteiger charge is -2.31. The molecule has 0 aliphatic carbocycles. The Hall–Kier alpha value is -0.660. The van der Waals surface area contributed by atoms with Gasteiger partial charge in [0.1, 0.15) is 6.73 Å². The topological polar surface area (TPSA) is 66.9 Å². The second-order valence-electron chi connectivity index (χ2n) is 4.58. The lowest BCUT2D eigenvalue weighted by molar-refractivity contribution is -0.137. The minimum atomic E-state index is -3.11. The van der Waals surface area contributed by atoms with Crippen molar-refractivity contribution in [1.82, 2.24) is 9.21 Å². The average Bonchev–Trinajstić information content (AvgIpc) is 2.80. The number of rotatable bonds is 2. The highest BCUT2D eigenvalue weighted by Crippen LogP contribution is 2.22. The largest absolute Gasteiger partial charge is 0.359 e. The zero-order chi connectivity index (χ0) is 12.5. The van der Waals surface area contributed by atoms with E-state index in [1.807, 2.05) is 0 Å². The molecule has 2 aliphatic rings. The fraction of sp³-hybridized carbons (Fsp3) is 0.900. The first-order valence-corrected chi connectivity index (χ1v) is 7.65. The third-order valence-corrected chi connectivity index (χ3v) is 4.64. The number of nitrogens with zero attached hydrogens (tertiary/aromatic N) is 2. The molecule has 0 unspecified atom stereocenters. The van der Waals surface area contributed by atoms with E-state index in [1.54, 1.807) is 4.90 Å². The number of ether oxygens (including phenoxy) is 1. The Kier molecular flexibility index (Phi) is 3.70. The normalized spacial score (nSPS) is 24.2. The molecule has 7 heteroatoms. The van der Waals surface area contributed by atoms with Crippen LogP contribution >= 0.6 is 0 Å². The van der Waals surface area contributed by atoms with Crippen molar-refractivity contribution < 1.29 is 17.9 Å². The number of hydrogen-bond acceptors (Lipinski definition) is 4. The summed E-state index contributed by atoms with van der Waals surface area (Å²) in [5.74, 6) is 0.0605. The highest BCUT2D eigenvalue weighted by molar-refractivity contribution is 7.88. The van der Waals surface area contributed by atoms with E-state index in [0.717, 1.165) is 0 Å². The highest BCUT2D eigenvalue weighted by Gasteiger charge is 2.32. The van der Waals surface area contributed by atoms with Crippen LogP contribution in [0.1, 0.15) is 12.8 Å². The van der Waals surface area contributed by atoms with Gasteiger partial charge in [-0.2, -0.15) is 0 Å². The molecule has 6 nitrogen and oxygen atoms in total. The molecule has 0 aromatic rings. The van der Waals surface area contributed by atoms with Gasteiger partial charge in [0.2, 0.25) is 15.9 Å². The van der Waals surface area contributed by atoms with E-state index in [-0.39, 0.29) is 11.8 Å². The molecule has 0 spiro atoms. The van der Waals surface area contributed by atoms with Gasteiger partial charge in [0.25, 0.3) is 0 Å². The molecule has 0 bridgehead atoms. The summed E-state index contributed by atoms with van der Waals surface area (Å²) in [6.07, 6.45) is 2.44. The molecule has 98 valence electrons. The van der Waals surface area contributed by atoms with Gasteiger partial charge in [-0.1, -0.05) is 0 Å². The van der Waals surface area contributed by atoms with Crippen molar-refractivity contribution in [3.05, 3.63) is 0 Å². The second kappa shape index (κ2) is 4.91. The summed E-state index contributed by atoms with van der Waals surface area (Å²) in [7, 11) is -3.11. The quantitative estimate of drug-likeness (QED) is 0.671. The van der Waals surface area contributed by atoms with E-state index >= 15 is 0 Å². The number of carbonyl (C=O) groups excluding carboxylic acids is 1. The predicted octanol–water partition coefficient (Wildman–Crippen LogP) is -0.526. The monoisotopic (exact) mass is 262 g/mol. The van der Waals surface area contributed by atoms with Crippen molar-refractivity contribution in [2.24, 2.45) is 5.92 Å². The van der Waals surface area contributed by atoms with E-state index in [9.17, 15) is 13.2 Å². The number of amides is 1. The number of sulfonamides is 1. The molecule has 17 heavy (non-hydrogen) atoms. The summed E-state index contributed by atoms with van der Waals surface area (Å²) in [4.78, 5) is 13.7. The van der Waals surface area contributed by atoms with Crippen LogP contribution in [0.3, 0.4) is 0 Å². The maximum atomic E-state index is 12.0. The van der Waals surface area contributed by atoms with Crippen molar-refractivity contribution in [3.8, 4) is 0 Å². The minimum Gasteiger partial charge on any atom is -0.359 e. The van der Waals surface area contributed by atoms with Crippen LogP contribution in [0, 0.1) is 5.92 Å². The zero-order valence-corrected chi connectivity index (χ0v) is 10.8. The van der Waals surface area contributed by atoms with Crippen LogP contribution in [-0.2, 0) is 19.6 Å². The molecular weight excluding hydrogens is 244 g/mol. The first kappa shape index (κ1) is 12.8. The first-order chi connectivity index (χ1) is 7.98. The minimum absolute atomic E-state index is 0.0466. The molecule has 0 radical (unpaired) electrons. The number of hydrogen-bond donors (Lipinski definition) is 0. The fourth-order valence-corrected chi connectivity index (χ4v) is 3.15. The van der Waals surface area contributed by atoms with E-state index in [2.05, 4.69) is 0 Å². The van der Waals surface area contributed by atoms with Gasteiger partial charge in [-0.05, 0) is 12.8 Å². The average molecular weight is 262 g/mol. The van der Waals surface area contributed by atoms with Crippen molar-refractivity contribution in [2.45, 2.75) is 12.8 Å². The lowest BCUT2D eigenvalue weighted by atomic mass is 9.97. The Bertz CT molecular complexity index is 381. The van der Waals surface area contributed by atoms with Crippen LogP contribution < -0.4 is 0 Å². The zero-order valence-electron chi connectivity index (χ0n) is 9.96. The first-order valence-electron chi connectivity index (χ1n) is 5.80. The molecule has 0 aromatic heterocycles. The summed E-state index contributed by atoms with van der Waals surface area (Å²) < 4.78 is 29.2. The van der Waals surface area contributed by atoms with Gasteiger partial charge in [0.05, 0.1) is 12.9 Å². The van der Waals surface area contributed by atoms with Gasteiger partial charge < -0.3 is 9.64 Å². The number of piperidine rings is 1. The Balaban J connectivity index is 1.88. The van der Waals surface area contributed by atoms with Gasteiger partial charge in [-0.15, -0.1) is 0 Å². The number of carbonyl (C=O) groups is 1. The third kappa shape index (κ3) is 2.97. The summed E-state index contributed by atoms with van der Waals surface area (Å²) in [5.41, 5.74) is 0. The molecular formula is C10H18N2O4S. The molecule has 2 rings (SSSR count). The molecule has 0 N–H and O–H groups in total. The molecule has 0 aromatic carbocycles. The van der Waals surface area contributed by atoms with Crippen molar-refractivity contribution in [3.63, 3.8) is 0 Å². The van der Waals surface area contributed by atoms with Gasteiger partial charge in [-0.25, -0.2) is 12.7 Å². The third-order valence-electron chi connectivity index (χ3n) is 3.34. The SMILES string of the molecule is CS(=O)(=O)N1CCC(C(=O)N2CCOC2)CC1. The van der Waals surface area contributed by atoms with Crippen LogP contribution in [0.15, 0.2) is 0 Å². The van der Waals surface area contributed by atoms with Crippen molar-refractivity contribution in [2.75, 3.05) is 39.2 Å². The Morgan fingerprint density at radius 1 is 1.24 bits per heavy atom. The Morgan fingerprint density at radius 3 is 2.35 bits per heavy atom. The summed E-state index contributed by atoms with van der Waals surface area (Å²) in [5, 5.41) is 0. The van der Waals surface area contributed by atoms with E-state index in [4.69, 9.17) is 4.74 Å². The van der Waals surface area contributed by atoms with Gasteiger partial charge in [0.15, 0.2) is 0 Å². The van der Waals surface area contributed by atoms with Crippen LogP contribution in [0.2, 0.25) is 0 Å². The van der Waals surface area contributed by atoms with Gasteiger partial charge in [-0.3, -0.25) is 4.79 Å². The second-order valence-corrected chi connectivity index (χ2v) is 6.56. The molecule has 2 saturated heterocycles. The van der Waals surface area contributed by atoms with Gasteiger partial charge >= 0.3 is 0 Å². The van der Waals surface area contributed by atoms with E-state index in [1.165, 1.54) is 10.6 Å². The van der Waals surface area contributed by atoms with Crippen molar-refractivity contribution >= 4 is 15.9 Å². The maximum Gasteiger partial charge on any atom is 0.227 e.